The molecule has 1 N–H and O–H groups in total. The van der Waals surface area contributed by atoms with E-state index in [-0.39, 0.29) is 17.1 Å². The molecule has 4 rings (SSSR count). The Bertz CT molecular complexity index is 1010. The lowest BCUT2D eigenvalue weighted by Gasteiger charge is -2.09. The summed E-state index contributed by atoms with van der Waals surface area (Å²) in [7, 11) is 0. The molecular weight excluding hydrogens is 312 g/mol. The highest BCUT2D eigenvalue weighted by Crippen LogP contribution is 2.26. The number of fused-ring (bicyclic) bond motifs is 2. The number of hydrogen-bond acceptors (Lipinski definition) is 4. The van der Waals surface area contributed by atoms with E-state index in [0.29, 0.717) is 17.7 Å². The summed E-state index contributed by atoms with van der Waals surface area (Å²) in [5.41, 5.74) is 3.99. The minimum atomic E-state index is -0.196. The molecule has 4 nitrogen and oxygen atoms in total. The van der Waals surface area contributed by atoms with Crippen LogP contribution < -0.4 is 5.32 Å². The summed E-state index contributed by atoms with van der Waals surface area (Å²) >= 11 is 0. The minimum absolute atomic E-state index is 0.196. The van der Waals surface area contributed by atoms with Crippen LogP contribution in [-0.2, 0) is 0 Å². The van der Waals surface area contributed by atoms with E-state index in [0.717, 1.165) is 22.3 Å². The second-order valence-corrected chi connectivity index (χ2v) is 6.03. The molecule has 0 atom stereocenters. The van der Waals surface area contributed by atoms with Crippen molar-refractivity contribution in [3.05, 3.63) is 83.1 Å². The van der Waals surface area contributed by atoms with Crippen molar-refractivity contribution in [2.45, 2.75) is 6.92 Å². The number of aromatic nitrogens is 1. The Morgan fingerprint density at radius 3 is 2.32 bits per heavy atom. The maximum absolute atomic E-state index is 12.4. The van der Waals surface area contributed by atoms with E-state index < -0.39 is 0 Å². The first-order valence-electron chi connectivity index (χ1n) is 8.14. The Labute approximate surface area is 145 Å². The number of pyridine rings is 1. The number of rotatable bonds is 3. The van der Waals surface area contributed by atoms with E-state index in [1.165, 1.54) is 0 Å². The van der Waals surface area contributed by atoms with Gasteiger partial charge in [-0.05, 0) is 19.1 Å². The Hall–Kier alpha value is -3.27. The second kappa shape index (κ2) is 5.98. The molecule has 0 unspecified atom stereocenters. The number of carbonyl (C=O) groups excluding carboxylic acids is 2. The number of carbonyl (C=O) groups is 2. The van der Waals surface area contributed by atoms with Crippen LogP contribution in [0, 0.1) is 6.92 Å². The van der Waals surface area contributed by atoms with Crippen molar-refractivity contribution >= 4 is 28.2 Å². The highest BCUT2D eigenvalue weighted by Gasteiger charge is 2.32. The molecule has 1 aliphatic rings. The molecule has 4 heteroatoms. The lowest BCUT2D eigenvalue weighted by molar-refractivity contribution is 0.0988. The fourth-order valence-electron chi connectivity index (χ4n) is 3.17. The van der Waals surface area contributed by atoms with Crippen molar-refractivity contribution in [3.63, 3.8) is 0 Å². The molecule has 25 heavy (non-hydrogen) atoms. The Morgan fingerprint density at radius 2 is 1.60 bits per heavy atom. The van der Waals surface area contributed by atoms with Crippen LogP contribution in [0.3, 0.4) is 0 Å². The maximum atomic E-state index is 12.4. The van der Waals surface area contributed by atoms with Crippen LogP contribution in [0.25, 0.3) is 10.9 Å². The first-order valence-corrected chi connectivity index (χ1v) is 8.14. The van der Waals surface area contributed by atoms with Gasteiger partial charge in [0.05, 0.1) is 11.1 Å². The van der Waals surface area contributed by atoms with Crippen molar-refractivity contribution in [2.24, 2.45) is 0 Å². The lowest BCUT2D eigenvalue weighted by Crippen LogP contribution is -2.06. The number of Topliss-reactive ketones (excluding diaryl/α,β-unsaturated/α-hetero) is 2. The number of nitrogens with one attached hydrogen (secondary N) is 1. The maximum Gasteiger partial charge on any atom is 0.197 e. The second-order valence-electron chi connectivity index (χ2n) is 6.03. The summed E-state index contributed by atoms with van der Waals surface area (Å²) in [6.45, 7) is 2.34. The van der Waals surface area contributed by atoms with Gasteiger partial charge in [-0.1, -0.05) is 48.5 Å². The molecule has 3 aromatic rings. The zero-order chi connectivity index (χ0) is 17.4. The topological polar surface area (TPSA) is 59.1 Å². The molecular formula is C21H16N2O2. The Balaban J connectivity index is 1.61. The van der Waals surface area contributed by atoms with Crippen molar-refractivity contribution in [2.75, 3.05) is 11.9 Å². The molecule has 2 aromatic carbocycles. The zero-order valence-corrected chi connectivity index (χ0v) is 13.7. The SMILES string of the molecule is Cc1cc(NCC=C2C(=O)c3ccccc3C2=O)c2ccccc2n1. The van der Waals surface area contributed by atoms with Crippen molar-refractivity contribution < 1.29 is 9.59 Å². The van der Waals surface area contributed by atoms with Gasteiger partial charge in [0.2, 0.25) is 0 Å². The summed E-state index contributed by atoms with van der Waals surface area (Å²) in [5.74, 6) is -0.392. The molecule has 0 saturated carbocycles. The Kier molecular flexibility index (Phi) is 3.65. The van der Waals surface area contributed by atoms with Gasteiger partial charge in [-0.25, -0.2) is 0 Å². The van der Waals surface area contributed by atoms with Crippen LogP contribution in [0.5, 0.6) is 0 Å². The van der Waals surface area contributed by atoms with Crippen molar-refractivity contribution in [3.8, 4) is 0 Å². The number of nitrogens with zero attached hydrogens (tertiary/aromatic N) is 1. The molecule has 0 fully saturated rings. The third-order valence-corrected chi connectivity index (χ3v) is 4.35. The third kappa shape index (κ3) is 2.62. The van der Waals surface area contributed by atoms with Gasteiger partial charge in [-0.2, -0.15) is 0 Å². The van der Waals surface area contributed by atoms with Gasteiger partial charge in [-0.3, -0.25) is 14.6 Å². The third-order valence-electron chi connectivity index (χ3n) is 4.35. The fraction of sp³-hybridized carbons (Fsp3) is 0.0952. The van der Waals surface area contributed by atoms with Crippen LogP contribution in [-0.4, -0.2) is 23.1 Å². The molecule has 0 radical (unpaired) electrons. The van der Waals surface area contributed by atoms with Gasteiger partial charge in [0.25, 0.3) is 0 Å². The van der Waals surface area contributed by atoms with Gasteiger partial charge in [0, 0.05) is 34.4 Å². The van der Waals surface area contributed by atoms with Crippen LogP contribution in [0.2, 0.25) is 0 Å². The average Bonchev–Trinajstić information content (AvgIpc) is 2.87. The van der Waals surface area contributed by atoms with E-state index in [2.05, 4.69) is 10.3 Å². The molecule has 0 aliphatic heterocycles. The summed E-state index contributed by atoms with van der Waals surface area (Å²) < 4.78 is 0. The van der Waals surface area contributed by atoms with E-state index in [1.54, 1.807) is 30.3 Å². The van der Waals surface area contributed by atoms with Crippen LogP contribution in [0.15, 0.2) is 66.2 Å². The monoisotopic (exact) mass is 328 g/mol. The quantitative estimate of drug-likeness (QED) is 0.584. The van der Waals surface area contributed by atoms with Gasteiger partial charge < -0.3 is 5.32 Å². The molecule has 1 heterocycles. The van der Waals surface area contributed by atoms with Crippen LogP contribution in [0.4, 0.5) is 5.69 Å². The Morgan fingerprint density at radius 1 is 0.960 bits per heavy atom. The number of aryl methyl sites for hydroxylation is 1. The first kappa shape index (κ1) is 15.3. The number of hydrogen-bond donors (Lipinski definition) is 1. The van der Waals surface area contributed by atoms with Gasteiger partial charge in [0.15, 0.2) is 11.6 Å². The van der Waals surface area contributed by atoms with Crippen molar-refractivity contribution in [1.29, 1.82) is 0 Å². The summed E-state index contributed by atoms with van der Waals surface area (Å²) in [6, 6.07) is 16.8. The standard InChI is InChI=1S/C21H16N2O2/c1-13-12-19(16-8-4-5-9-18(16)23-13)22-11-10-17-20(24)14-6-2-3-7-15(14)21(17)25/h2-10,12H,11H2,1H3,(H,22,23). The summed E-state index contributed by atoms with van der Waals surface area (Å²) in [6.07, 6.45) is 1.68. The zero-order valence-electron chi connectivity index (χ0n) is 13.7. The largest absolute Gasteiger partial charge is 0.381 e. The molecule has 0 bridgehead atoms. The summed E-state index contributed by atoms with van der Waals surface area (Å²) in [5, 5.41) is 4.32. The van der Waals surface area contributed by atoms with Gasteiger partial charge >= 0.3 is 0 Å². The van der Waals surface area contributed by atoms with Crippen LogP contribution >= 0.6 is 0 Å². The summed E-state index contributed by atoms with van der Waals surface area (Å²) in [4.78, 5) is 29.3. The molecule has 0 amide bonds. The molecule has 1 aromatic heterocycles. The highest BCUT2D eigenvalue weighted by atomic mass is 16.2. The van der Waals surface area contributed by atoms with E-state index >= 15 is 0 Å². The lowest BCUT2D eigenvalue weighted by atomic mass is 10.1. The smallest absolute Gasteiger partial charge is 0.197 e. The first-order chi connectivity index (χ1) is 12.1. The van der Waals surface area contributed by atoms with E-state index in [4.69, 9.17) is 0 Å². The number of benzene rings is 2. The normalized spacial score (nSPS) is 13.2. The number of ketones is 2. The predicted molar refractivity (Wildman–Crippen MR) is 98.2 cm³/mol. The van der Waals surface area contributed by atoms with Crippen molar-refractivity contribution in [1.82, 2.24) is 4.98 Å². The fourth-order valence-corrected chi connectivity index (χ4v) is 3.17. The molecule has 1 aliphatic carbocycles. The van der Waals surface area contributed by atoms with Gasteiger partial charge in [-0.15, -0.1) is 0 Å². The van der Waals surface area contributed by atoms with E-state index in [9.17, 15) is 9.59 Å². The molecule has 0 spiro atoms. The van der Waals surface area contributed by atoms with E-state index in [1.807, 2.05) is 37.3 Å². The minimum Gasteiger partial charge on any atom is -0.381 e. The molecule has 0 saturated heterocycles. The number of para-hydroxylation sites is 1. The highest BCUT2D eigenvalue weighted by molar-refractivity contribution is 6.39. The predicted octanol–water partition coefficient (Wildman–Crippen LogP) is 3.96. The molecule has 122 valence electrons. The average molecular weight is 328 g/mol. The number of allylic oxidation sites excluding steroid dienone is 1. The van der Waals surface area contributed by atoms with Gasteiger partial charge in [0.1, 0.15) is 0 Å². The van der Waals surface area contributed by atoms with Crippen LogP contribution in [0.1, 0.15) is 26.4 Å². The number of anilines is 1.